The fourth-order valence-electron chi connectivity index (χ4n) is 1.53. The molecule has 7 heteroatoms. The number of aliphatic hydroxyl groups is 1. The normalized spacial score (nSPS) is 9.81. The van der Waals surface area contributed by atoms with Crippen LogP contribution in [0.25, 0.3) is 0 Å². The lowest BCUT2D eigenvalue weighted by atomic mass is 10.3. The number of thiophene rings is 1. The predicted molar refractivity (Wildman–Crippen MR) is 75.7 cm³/mol. The molecule has 1 heterocycles. The van der Waals surface area contributed by atoms with Crippen LogP contribution in [0.4, 0.5) is 10.1 Å². The van der Waals surface area contributed by atoms with E-state index in [0.717, 1.165) is 21.9 Å². The van der Waals surface area contributed by atoms with E-state index in [1.807, 2.05) is 6.07 Å². The highest BCUT2D eigenvalue weighted by Gasteiger charge is 2.14. The summed E-state index contributed by atoms with van der Waals surface area (Å²) >= 11 is 1.39. The minimum atomic E-state index is -0.932. The van der Waals surface area contributed by atoms with Crippen molar-refractivity contribution in [2.75, 3.05) is 6.61 Å². The van der Waals surface area contributed by atoms with Crippen LogP contribution in [0.1, 0.15) is 9.75 Å². The van der Waals surface area contributed by atoms with Gasteiger partial charge in [-0.3, -0.25) is 10.1 Å². The average Bonchev–Trinajstić information content (AvgIpc) is 2.90. The highest BCUT2D eigenvalue weighted by molar-refractivity contribution is 7.12. The Balaban J connectivity index is 2.01. The molecule has 0 bridgehead atoms. The maximum Gasteiger partial charge on any atom is 0.305 e. The molecule has 5 nitrogen and oxygen atoms in total. The lowest BCUT2D eigenvalue weighted by Gasteiger charge is -2.04. The van der Waals surface area contributed by atoms with Gasteiger partial charge in [-0.1, -0.05) is 11.8 Å². The number of hydrogen-bond acceptors (Lipinski definition) is 5. The molecular formula is C14H10FNO4S. The molecule has 0 aliphatic rings. The van der Waals surface area contributed by atoms with Gasteiger partial charge in [-0.25, -0.2) is 0 Å². The smallest absolute Gasteiger partial charge is 0.305 e. The number of nitrogens with zero attached hydrogens (tertiary/aromatic N) is 1. The Morgan fingerprint density at radius 3 is 2.86 bits per heavy atom. The maximum absolute atomic E-state index is 13.4. The zero-order chi connectivity index (χ0) is 15.2. The second-order valence-electron chi connectivity index (χ2n) is 3.88. The van der Waals surface area contributed by atoms with Gasteiger partial charge in [0.25, 0.3) is 0 Å². The molecule has 1 aromatic heterocycles. The van der Waals surface area contributed by atoms with Crippen molar-refractivity contribution in [3.05, 3.63) is 56.0 Å². The summed E-state index contributed by atoms with van der Waals surface area (Å²) in [4.78, 5) is 11.4. The van der Waals surface area contributed by atoms with Crippen LogP contribution in [0.2, 0.25) is 0 Å². The number of hydrogen-bond donors (Lipinski definition) is 1. The summed E-state index contributed by atoms with van der Waals surface area (Å²) in [6, 6.07) is 7.01. The van der Waals surface area contributed by atoms with E-state index < -0.39 is 16.4 Å². The quantitative estimate of drug-likeness (QED) is 0.535. The van der Waals surface area contributed by atoms with Gasteiger partial charge in [-0.2, -0.15) is 4.39 Å². The number of ether oxygens (including phenoxy) is 1. The van der Waals surface area contributed by atoms with Crippen molar-refractivity contribution in [1.82, 2.24) is 0 Å². The van der Waals surface area contributed by atoms with Crippen LogP contribution in [0.15, 0.2) is 30.3 Å². The lowest BCUT2D eigenvalue weighted by molar-refractivity contribution is -0.387. The van der Waals surface area contributed by atoms with E-state index in [0.29, 0.717) is 0 Å². The fourth-order valence-corrected chi connectivity index (χ4v) is 2.32. The number of aliphatic hydroxyl groups excluding tert-OH is 1. The molecule has 0 saturated carbocycles. The number of halogens is 1. The second-order valence-corrected chi connectivity index (χ2v) is 5.05. The van der Waals surface area contributed by atoms with Crippen LogP contribution < -0.4 is 4.74 Å². The van der Waals surface area contributed by atoms with Crippen LogP contribution in [0.3, 0.4) is 0 Å². The van der Waals surface area contributed by atoms with Gasteiger partial charge in [0.1, 0.15) is 19.0 Å². The van der Waals surface area contributed by atoms with Crippen molar-refractivity contribution >= 4 is 17.0 Å². The molecule has 0 radical (unpaired) electrons. The topological polar surface area (TPSA) is 72.6 Å². The maximum atomic E-state index is 13.4. The Morgan fingerprint density at radius 1 is 1.38 bits per heavy atom. The van der Waals surface area contributed by atoms with Crippen molar-refractivity contribution in [2.24, 2.45) is 0 Å². The molecule has 0 unspecified atom stereocenters. The van der Waals surface area contributed by atoms with Gasteiger partial charge in [0.2, 0.25) is 5.82 Å². The first-order valence-corrected chi connectivity index (χ1v) is 6.67. The summed E-state index contributed by atoms with van der Waals surface area (Å²) in [7, 11) is 0. The molecule has 1 aromatic carbocycles. The minimum absolute atomic E-state index is 0.203. The molecule has 0 atom stereocenters. The van der Waals surface area contributed by atoms with Crippen LogP contribution in [0, 0.1) is 27.8 Å². The largest absolute Gasteiger partial charge is 0.488 e. The molecule has 0 spiro atoms. The third-order valence-corrected chi connectivity index (χ3v) is 3.42. The summed E-state index contributed by atoms with van der Waals surface area (Å²) < 4.78 is 18.8. The summed E-state index contributed by atoms with van der Waals surface area (Å²) in [6.07, 6.45) is 0. The molecule has 0 aliphatic heterocycles. The highest BCUT2D eigenvalue weighted by atomic mass is 32.1. The molecule has 0 fully saturated rings. The van der Waals surface area contributed by atoms with E-state index >= 15 is 0 Å². The summed E-state index contributed by atoms with van der Waals surface area (Å²) in [5.41, 5.74) is -0.583. The van der Waals surface area contributed by atoms with Gasteiger partial charge in [0.15, 0.2) is 0 Å². The van der Waals surface area contributed by atoms with Crippen molar-refractivity contribution < 1.29 is 19.2 Å². The summed E-state index contributed by atoms with van der Waals surface area (Å²) in [5.74, 6) is 4.59. The summed E-state index contributed by atoms with van der Waals surface area (Å²) in [6.45, 7) is 0.00846. The standard InChI is InChI=1S/C14H10FNO4S/c15-13-8-10(3-6-14(13)16(18)19)20-9-12-5-4-11(21-12)2-1-7-17/h3-6,8,17H,7,9H2. The van der Waals surface area contributed by atoms with E-state index in [1.165, 1.54) is 17.4 Å². The van der Waals surface area contributed by atoms with Gasteiger partial charge in [0, 0.05) is 17.0 Å². The Hall–Kier alpha value is -2.43. The number of rotatable bonds is 4. The Kier molecular flexibility index (Phi) is 4.87. The first-order chi connectivity index (χ1) is 10.1. The molecule has 1 N–H and O–H groups in total. The third-order valence-electron chi connectivity index (χ3n) is 2.45. The first-order valence-electron chi connectivity index (χ1n) is 5.85. The Morgan fingerprint density at radius 2 is 2.19 bits per heavy atom. The number of nitro groups is 1. The van der Waals surface area contributed by atoms with E-state index in [-0.39, 0.29) is 19.0 Å². The van der Waals surface area contributed by atoms with Gasteiger partial charge in [-0.15, -0.1) is 11.3 Å². The van der Waals surface area contributed by atoms with Crippen LogP contribution in [-0.4, -0.2) is 16.6 Å². The van der Waals surface area contributed by atoms with Gasteiger partial charge in [0.05, 0.1) is 9.80 Å². The molecule has 0 saturated heterocycles. The molecule has 0 aliphatic carbocycles. The van der Waals surface area contributed by atoms with Crippen LogP contribution in [0.5, 0.6) is 5.75 Å². The van der Waals surface area contributed by atoms with Gasteiger partial charge >= 0.3 is 5.69 Å². The number of nitro benzene ring substituents is 1. The van der Waals surface area contributed by atoms with E-state index in [1.54, 1.807) is 6.07 Å². The summed E-state index contributed by atoms with van der Waals surface area (Å²) in [5, 5.41) is 19.1. The molecule has 0 amide bonds. The van der Waals surface area contributed by atoms with Crippen molar-refractivity contribution in [3.63, 3.8) is 0 Å². The zero-order valence-electron chi connectivity index (χ0n) is 10.7. The Labute approximate surface area is 123 Å². The second kappa shape index (κ2) is 6.83. The van der Waals surface area contributed by atoms with Crippen molar-refractivity contribution in [3.8, 4) is 17.6 Å². The van der Waals surface area contributed by atoms with Crippen LogP contribution in [-0.2, 0) is 6.61 Å². The van der Waals surface area contributed by atoms with Crippen molar-refractivity contribution in [1.29, 1.82) is 0 Å². The molecule has 21 heavy (non-hydrogen) atoms. The van der Waals surface area contributed by atoms with Gasteiger partial charge in [-0.05, 0) is 18.2 Å². The molecule has 2 rings (SSSR count). The lowest BCUT2D eigenvalue weighted by Crippen LogP contribution is -1.96. The predicted octanol–water partition coefficient (Wildman–Crippen LogP) is 2.72. The highest BCUT2D eigenvalue weighted by Crippen LogP contribution is 2.24. The van der Waals surface area contributed by atoms with Gasteiger partial charge < -0.3 is 9.84 Å². The van der Waals surface area contributed by atoms with E-state index in [2.05, 4.69) is 11.8 Å². The SMILES string of the molecule is O=[N+]([O-])c1ccc(OCc2ccc(C#CCO)s2)cc1F. The van der Waals surface area contributed by atoms with Crippen molar-refractivity contribution in [2.45, 2.75) is 6.61 Å². The first kappa shape index (κ1) is 15.0. The Bertz CT molecular complexity index is 717. The van der Waals surface area contributed by atoms with Crippen LogP contribution >= 0.6 is 11.3 Å². The molecule has 2 aromatic rings. The third kappa shape index (κ3) is 4.02. The number of benzene rings is 1. The fraction of sp³-hybridized carbons (Fsp3) is 0.143. The monoisotopic (exact) mass is 307 g/mol. The molecular weight excluding hydrogens is 297 g/mol. The van der Waals surface area contributed by atoms with E-state index in [4.69, 9.17) is 9.84 Å². The van der Waals surface area contributed by atoms with E-state index in [9.17, 15) is 14.5 Å². The molecule has 108 valence electrons. The average molecular weight is 307 g/mol. The zero-order valence-corrected chi connectivity index (χ0v) is 11.5. The minimum Gasteiger partial charge on any atom is -0.488 e.